The third kappa shape index (κ3) is 1.59. The molecule has 0 atom stereocenters. The first-order valence-corrected chi connectivity index (χ1v) is 3.78. The number of pyridine rings is 1. The van der Waals surface area contributed by atoms with Gasteiger partial charge in [0.15, 0.2) is 0 Å². The van der Waals surface area contributed by atoms with Gasteiger partial charge in [-0.3, -0.25) is 0 Å². The van der Waals surface area contributed by atoms with Crippen molar-refractivity contribution in [1.29, 1.82) is 5.26 Å². The van der Waals surface area contributed by atoms with E-state index in [-0.39, 0.29) is 15.7 Å². The van der Waals surface area contributed by atoms with Gasteiger partial charge in [0, 0.05) is 10.7 Å². The highest BCUT2D eigenvalue weighted by atomic mass is 79.9. The molecule has 12 heavy (non-hydrogen) atoms. The molecule has 0 saturated heterocycles. The van der Waals surface area contributed by atoms with Crippen molar-refractivity contribution >= 4 is 15.9 Å². The van der Waals surface area contributed by atoms with Gasteiger partial charge in [-0.2, -0.15) is 5.26 Å². The van der Waals surface area contributed by atoms with E-state index in [0.29, 0.717) is 0 Å². The summed E-state index contributed by atoms with van der Waals surface area (Å²) in [6.07, 6.45) is -1.38. The normalized spacial score (nSPS) is 9.92. The van der Waals surface area contributed by atoms with E-state index in [1.165, 1.54) is 12.3 Å². The summed E-state index contributed by atoms with van der Waals surface area (Å²) in [5, 5.41) is 8.43. The van der Waals surface area contributed by atoms with Gasteiger partial charge >= 0.3 is 0 Å². The van der Waals surface area contributed by atoms with E-state index >= 15 is 0 Å². The molecule has 1 aromatic rings. The zero-order valence-electron chi connectivity index (χ0n) is 5.76. The number of hydrogen-bond acceptors (Lipinski definition) is 2. The lowest BCUT2D eigenvalue weighted by molar-refractivity contribution is 0.149. The summed E-state index contributed by atoms with van der Waals surface area (Å²) in [6.45, 7) is 0. The standard InChI is InChI=1S/C7H3BrF2N2/c8-4-1-2-12-5(3-11)6(4)7(9)10/h1-2,7H. The second kappa shape index (κ2) is 3.59. The van der Waals surface area contributed by atoms with E-state index < -0.39 is 6.43 Å². The molecule has 0 aliphatic heterocycles. The van der Waals surface area contributed by atoms with Crippen LogP contribution in [0.4, 0.5) is 8.78 Å². The highest BCUT2D eigenvalue weighted by Crippen LogP contribution is 2.28. The Kier molecular flexibility index (Phi) is 2.71. The molecule has 0 aliphatic rings. The van der Waals surface area contributed by atoms with Crippen molar-refractivity contribution in [2.24, 2.45) is 0 Å². The highest BCUT2D eigenvalue weighted by molar-refractivity contribution is 9.10. The Hall–Kier alpha value is -1.02. The number of alkyl halides is 2. The average Bonchev–Trinajstić information content (AvgIpc) is 2.03. The lowest BCUT2D eigenvalue weighted by Crippen LogP contribution is -1.94. The van der Waals surface area contributed by atoms with Crippen LogP contribution in [0.15, 0.2) is 16.7 Å². The van der Waals surface area contributed by atoms with Gasteiger partial charge < -0.3 is 0 Å². The SMILES string of the molecule is N#Cc1nccc(Br)c1C(F)F. The minimum absolute atomic E-state index is 0.212. The molecule has 1 rings (SSSR count). The molecule has 0 spiro atoms. The van der Waals surface area contributed by atoms with Crippen molar-refractivity contribution in [3.8, 4) is 6.07 Å². The molecule has 5 heteroatoms. The average molecular weight is 233 g/mol. The molecule has 0 amide bonds. The summed E-state index contributed by atoms with van der Waals surface area (Å²) in [5.41, 5.74) is -0.584. The number of aromatic nitrogens is 1. The van der Waals surface area contributed by atoms with Crippen molar-refractivity contribution in [2.45, 2.75) is 6.43 Å². The molecule has 0 N–H and O–H groups in total. The Balaban J connectivity index is 3.32. The third-order valence-corrected chi connectivity index (χ3v) is 1.95. The smallest absolute Gasteiger partial charge is 0.245 e. The Labute approximate surface area is 76.0 Å². The first-order chi connectivity index (χ1) is 5.66. The van der Waals surface area contributed by atoms with Crippen LogP contribution < -0.4 is 0 Å². The van der Waals surface area contributed by atoms with E-state index in [0.717, 1.165) is 0 Å². The predicted octanol–water partition coefficient (Wildman–Crippen LogP) is 2.65. The third-order valence-electron chi connectivity index (χ3n) is 1.26. The molecule has 0 fully saturated rings. The number of nitrogens with zero attached hydrogens (tertiary/aromatic N) is 2. The number of rotatable bonds is 1. The van der Waals surface area contributed by atoms with Gasteiger partial charge in [0.2, 0.25) is 0 Å². The van der Waals surface area contributed by atoms with Crippen LogP contribution in [-0.2, 0) is 0 Å². The Bertz CT molecular complexity index is 333. The Morgan fingerprint density at radius 3 is 2.67 bits per heavy atom. The van der Waals surface area contributed by atoms with E-state index in [4.69, 9.17) is 5.26 Å². The number of nitriles is 1. The van der Waals surface area contributed by atoms with E-state index in [9.17, 15) is 8.78 Å². The fourth-order valence-corrected chi connectivity index (χ4v) is 1.23. The lowest BCUT2D eigenvalue weighted by atomic mass is 10.2. The quantitative estimate of drug-likeness (QED) is 0.747. The second-order valence-electron chi connectivity index (χ2n) is 1.97. The van der Waals surface area contributed by atoms with Crippen LogP contribution in [0.3, 0.4) is 0 Å². The van der Waals surface area contributed by atoms with Gasteiger partial charge in [0.25, 0.3) is 6.43 Å². The van der Waals surface area contributed by atoms with Crippen LogP contribution in [0.5, 0.6) is 0 Å². The topological polar surface area (TPSA) is 36.7 Å². The summed E-state index contributed by atoms with van der Waals surface area (Å²) in [7, 11) is 0. The van der Waals surface area contributed by atoms with Crippen molar-refractivity contribution < 1.29 is 8.78 Å². The molecular weight excluding hydrogens is 230 g/mol. The van der Waals surface area contributed by atoms with Crippen molar-refractivity contribution in [3.63, 3.8) is 0 Å². The molecule has 0 radical (unpaired) electrons. The zero-order valence-corrected chi connectivity index (χ0v) is 7.35. The summed E-state index contributed by atoms with van der Waals surface area (Å²) >= 11 is 2.92. The molecule has 1 heterocycles. The largest absolute Gasteiger partial charge is 0.267 e. The number of hydrogen-bond donors (Lipinski definition) is 0. The van der Waals surface area contributed by atoms with Gasteiger partial charge in [0.05, 0.1) is 5.56 Å². The van der Waals surface area contributed by atoms with Gasteiger partial charge in [-0.05, 0) is 6.07 Å². The van der Waals surface area contributed by atoms with Crippen LogP contribution >= 0.6 is 15.9 Å². The minimum Gasteiger partial charge on any atom is -0.245 e. The van der Waals surface area contributed by atoms with Crippen LogP contribution in [0.2, 0.25) is 0 Å². The number of halogens is 3. The molecule has 0 saturated carbocycles. The van der Waals surface area contributed by atoms with Crippen LogP contribution in [0, 0.1) is 11.3 Å². The van der Waals surface area contributed by atoms with E-state index in [1.807, 2.05) is 0 Å². The summed E-state index contributed by atoms with van der Waals surface area (Å²) in [6, 6.07) is 2.97. The monoisotopic (exact) mass is 232 g/mol. The molecule has 2 nitrogen and oxygen atoms in total. The molecule has 0 bridgehead atoms. The highest BCUT2D eigenvalue weighted by Gasteiger charge is 2.17. The van der Waals surface area contributed by atoms with Crippen molar-refractivity contribution in [2.75, 3.05) is 0 Å². The Morgan fingerprint density at radius 1 is 1.58 bits per heavy atom. The Morgan fingerprint density at radius 2 is 2.25 bits per heavy atom. The molecule has 1 aromatic heterocycles. The molecule has 0 aromatic carbocycles. The van der Waals surface area contributed by atoms with Gasteiger partial charge in [-0.1, -0.05) is 15.9 Å². The van der Waals surface area contributed by atoms with Crippen LogP contribution in [-0.4, -0.2) is 4.98 Å². The molecule has 62 valence electrons. The maximum Gasteiger partial charge on any atom is 0.267 e. The zero-order chi connectivity index (χ0) is 9.14. The fourth-order valence-electron chi connectivity index (χ4n) is 0.746. The predicted molar refractivity (Wildman–Crippen MR) is 41.6 cm³/mol. The van der Waals surface area contributed by atoms with Crippen LogP contribution in [0.1, 0.15) is 17.7 Å². The van der Waals surface area contributed by atoms with Crippen molar-refractivity contribution in [3.05, 3.63) is 28.0 Å². The molecule has 0 aliphatic carbocycles. The second-order valence-corrected chi connectivity index (χ2v) is 2.82. The lowest BCUT2D eigenvalue weighted by Gasteiger charge is -2.02. The maximum absolute atomic E-state index is 12.3. The first-order valence-electron chi connectivity index (χ1n) is 2.99. The summed E-state index contributed by atoms with van der Waals surface area (Å²) in [4.78, 5) is 3.51. The van der Waals surface area contributed by atoms with Crippen LogP contribution in [0.25, 0.3) is 0 Å². The summed E-state index contributed by atoms with van der Waals surface area (Å²) in [5.74, 6) is 0. The van der Waals surface area contributed by atoms with Gasteiger partial charge in [-0.15, -0.1) is 0 Å². The van der Waals surface area contributed by atoms with Crippen molar-refractivity contribution in [1.82, 2.24) is 4.98 Å². The minimum atomic E-state index is -2.68. The van der Waals surface area contributed by atoms with E-state index in [2.05, 4.69) is 20.9 Å². The van der Waals surface area contributed by atoms with Gasteiger partial charge in [0.1, 0.15) is 11.8 Å². The fraction of sp³-hybridized carbons (Fsp3) is 0.143. The molecular formula is C7H3BrF2N2. The first kappa shape index (κ1) is 9.07. The molecule has 0 unspecified atom stereocenters. The maximum atomic E-state index is 12.3. The van der Waals surface area contributed by atoms with E-state index in [1.54, 1.807) is 6.07 Å². The summed E-state index contributed by atoms with van der Waals surface area (Å²) < 4.78 is 24.7. The van der Waals surface area contributed by atoms with Gasteiger partial charge in [-0.25, -0.2) is 13.8 Å².